The van der Waals surface area contributed by atoms with Crippen LogP contribution in [0, 0.1) is 0 Å². The Labute approximate surface area is 144 Å². The Morgan fingerprint density at radius 2 is 1.72 bits per heavy atom. The van der Waals surface area contributed by atoms with Crippen LogP contribution in [0.25, 0.3) is 11.4 Å². The van der Waals surface area contributed by atoms with Gasteiger partial charge in [-0.2, -0.15) is 13.2 Å². The van der Waals surface area contributed by atoms with Crippen molar-refractivity contribution in [2.24, 2.45) is 0 Å². The van der Waals surface area contributed by atoms with Crippen LogP contribution in [0.2, 0.25) is 0 Å². The van der Waals surface area contributed by atoms with E-state index in [-0.39, 0.29) is 5.82 Å². The van der Waals surface area contributed by atoms with Crippen molar-refractivity contribution >= 4 is 5.82 Å². The molecule has 0 spiro atoms. The molecule has 3 heterocycles. The van der Waals surface area contributed by atoms with Gasteiger partial charge in [0.15, 0.2) is 11.5 Å². The molecular formula is C17H20F3N5. The van der Waals surface area contributed by atoms with Gasteiger partial charge < -0.3 is 4.90 Å². The zero-order valence-electron chi connectivity index (χ0n) is 14.0. The molecule has 1 aliphatic heterocycles. The quantitative estimate of drug-likeness (QED) is 0.847. The van der Waals surface area contributed by atoms with Crippen molar-refractivity contribution in [2.45, 2.75) is 19.5 Å². The summed E-state index contributed by atoms with van der Waals surface area (Å²) in [6, 6.07) is 4.26. The zero-order chi connectivity index (χ0) is 17.9. The Bertz CT molecular complexity index is 697. The number of halogens is 3. The van der Waals surface area contributed by atoms with Gasteiger partial charge in [0.25, 0.3) is 0 Å². The number of piperazine rings is 1. The van der Waals surface area contributed by atoms with Crippen LogP contribution in [0.1, 0.15) is 19.0 Å². The van der Waals surface area contributed by atoms with Crippen LogP contribution in [-0.4, -0.2) is 52.6 Å². The second-order valence-corrected chi connectivity index (χ2v) is 6.00. The average Bonchev–Trinajstić information content (AvgIpc) is 2.62. The Morgan fingerprint density at radius 3 is 2.32 bits per heavy atom. The molecule has 0 atom stereocenters. The van der Waals surface area contributed by atoms with Gasteiger partial charge in [-0.3, -0.25) is 9.88 Å². The highest BCUT2D eigenvalue weighted by molar-refractivity contribution is 5.57. The van der Waals surface area contributed by atoms with Crippen molar-refractivity contribution in [2.75, 3.05) is 37.6 Å². The molecule has 1 aliphatic rings. The predicted molar refractivity (Wildman–Crippen MR) is 89.2 cm³/mol. The monoisotopic (exact) mass is 351 g/mol. The van der Waals surface area contributed by atoms with E-state index in [0.717, 1.165) is 32.1 Å². The fourth-order valence-electron chi connectivity index (χ4n) is 2.89. The summed E-state index contributed by atoms with van der Waals surface area (Å²) < 4.78 is 39.8. The molecule has 0 radical (unpaired) electrons. The van der Waals surface area contributed by atoms with Crippen LogP contribution < -0.4 is 4.90 Å². The lowest BCUT2D eigenvalue weighted by molar-refractivity contribution is -0.141. The fourth-order valence-corrected chi connectivity index (χ4v) is 2.89. The second-order valence-electron chi connectivity index (χ2n) is 6.00. The molecule has 25 heavy (non-hydrogen) atoms. The van der Waals surface area contributed by atoms with Crippen LogP contribution in [0.4, 0.5) is 19.0 Å². The first kappa shape index (κ1) is 17.6. The summed E-state index contributed by atoms with van der Waals surface area (Å²) in [5, 5.41) is 0. The largest absolute Gasteiger partial charge is 0.433 e. The standard InChI is InChI=1S/C17H20F3N5/c1-2-7-24-8-10-25(11-9-24)15-12-14(17(18,19)20)22-16(23-15)13-3-5-21-6-4-13/h3-6,12H,2,7-11H2,1H3. The first-order valence-corrected chi connectivity index (χ1v) is 8.31. The molecule has 1 fully saturated rings. The number of hydrogen-bond acceptors (Lipinski definition) is 5. The van der Waals surface area contributed by atoms with E-state index < -0.39 is 11.9 Å². The number of aromatic nitrogens is 3. The lowest BCUT2D eigenvalue weighted by Crippen LogP contribution is -2.47. The third-order valence-corrected chi connectivity index (χ3v) is 4.18. The van der Waals surface area contributed by atoms with Crippen LogP contribution >= 0.6 is 0 Å². The number of rotatable bonds is 4. The van der Waals surface area contributed by atoms with Gasteiger partial charge in [0.2, 0.25) is 0 Å². The Hall–Kier alpha value is -2.22. The van der Waals surface area contributed by atoms with Gasteiger partial charge in [0.05, 0.1) is 0 Å². The molecule has 3 rings (SSSR count). The minimum Gasteiger partial charge on any atom is -0.354 e. The number of alkyl halides is 3. The normalized spacial score (nSPS) is 16.2. The van der Waals surface area contributed by atoms with E-state index in [2.05, 4.69) is 26.8 Å². The minimum absolute atomic E-state index is 0.0724. The van der Waals surface area contributed by atoms with E-state index in [4.69, 9.17) is 0 Å². The Balaban J connectivity index is 1.91. The molecule has 0 bridgehead atoms. The summed E-state index contributed by atoms with van der Waals surface area (Å²) in [6.07, 6.45) is -0.411. The number of anilines is 1. The van der Waals surface area contributed by atoms with Gasteiger partial charge in [-0.15, -0.1) is 0 Å². The summed E-state index contributed by atoms with van der Waals surface area (Å²) in [6.45, 7) is 6.09. The van der Waals surface area contributed by atoms with E-state index in [1.165, 1.54) is 12.4 Å². The second kappa shape index (κ2) is 7.35. The highest BCUT2D eigenvalue weighted by Gasteiger charge is 2.34. The molecule has 0 unspecified atom stereocenters. The van der Waals surface area contributed by atoms with Gasteiger partial charge in [-0.1, -0.05) is 6.92 Å². The molecule has 0 amide bonds. The zero-order valence-corrected chi connectivity index (χ0v) is 14.0. The van der Waals surface area contributed by atoms with Gasteiger partial charge in [0.1, 0.15) is 5.82 Å². The number of pyridine rings is 1. The molecule has 1 saturated heterocycles. The number of hydrogen-bond donors (Lipinski definition) is 0. The molecule has 0 aromatic carbocycles. The SMILES string of the molecule is CCCN1CCN(c2cc(C(F)(F)F)nc(-c3ccncc3)n2)CC1. The first-order valence-electron chi connectivity index (χ1n) is 8.31. The third kappa shape index (κ3) is 4.25. The van der Waals surface area contributed by atoms with E-state index in [1.54, 1.807) is 12.1 Å². The third-order valence-electron chi connectivity index (χ3n) is 4.18. The molecule has 8 heteroatoms. The fraction of sp³-hybridized carbons (Fsp3) is 0.471. The molecule has 0 aliphatic carbocycles. The molecule has 2 aromatic rings. The van der Waals surface area contributed by atoms with Gasteiger partial charge >= 0.3 is 6.18 Å². The maximum Gasteiger partial charge on any atom is 0.433 e. The molecule has 0 N–H and O–H groups in total. The van der Waals surface area contributed by atoms with E-state index >= 15 is 0 Å². The van der Waals surface area contributed by atoms with Crippen LogP contribution in [0.3, 0.4) is 0 Å². The van der Waals surface area contributed by atoms with Gasteiger partial charge in [-0.05, 0) is 25.1 Å². The topological polar surface area (TPSA) is 45.2 Å². The summed E-state index contributed by atoms with van der Waals surface area (Å²) in [7, 11) is 0. The van der Waals surface area contributed by atoms with Gasteiger partial charge in [-0.25, -0.2) is 9.97 Å². The predicted octanol–water partition coefficient (Wildman–Crippen LogP) is 3.09. The lowest BCUT2D eigenvalue weighted by Gasteiger charge is -2.35. The Morgan fingerprint density at radius 1 is 1.04 bits per heavy atom. The molecule has 2 aromatic heterocycles. The lowest BCUT2D eigenvalue weighted by atomic mass is 10.2. The Kier molecular flexibility index (Phi) is 5.17. The van der Waals surface area contributed by atoms with Crippen LogP contribution in [0.5, 0.6) is 0 Å². The number of nitrogens with zero attached hydrogens (tertiary/aromatic N) is 5. The van der Waals surface area contributed by atoms with Crippen molar-refractivity contribution in [3.63, 3.8) is 0 Å². The molecule has 134 valence electrons. The summed E-state index contributed by atoms with van der Waals surface area (Å²) in [5.74, 6) is 0.397. The maximum atomic E-state index is 13.3. The minimum atomic E-state index is -4.51. The highest BCUT2D eigenvalue weighted by atomic mass is 19.4. The molecule has 5 nitrogen and oxygen atoms in total. The summed E-state index contributed by atoms with van der Waals surface area (Å²) in [4.78, 5) is 16.2. The average molecular weight is 351 g/mol. The van der Waals surface area contributed by atoms with E-state index in [1.807, 2.05) is 4.90 Å². The van der Waals surface area contributed by atoms with E-state index in [9.17, 15) is 13.2 Å². The smallest absolute Gasteiger partial charge is 0.354 e. The van der Waals surface area contributed by atoms with Crippen LogP contribution in [0.15, 0.2) is 30.6 Å². The molecule has 0 saturated carbocycles. The van der Waals surface area contributed by atoms with Crippen molar-refractivity contribution in [1.29, 1.82) is 0 Å². The first-order chi connectivity index (χ1) is 12.0. The van der Waals surface area contributed by atoms with Crippen molar-refractivity contribution < 1.29 is 13.2 Å². The maximum absolute atomic E-state index is 13.3. The van der Waals surface area contributed by atoms with Gasteiger partial charge in [0, 0.05) is 50.2 Å². The highest BCUT2D eigenvalue weighted by Crippen LogP contribution is 2.31. The van der Waals surface area contributed by atoms with Crippen molar-refractivity contribution in [3.8, 4) is 11.4 Å². The van der Waals surface area contributed by atoms with Crippen molar-refractivity contribution in [1.82, 2.24) is 19.9 Å². The summed E-state index contributed by atoms with van der Waals surface area (Å²) in [5.41, 5.74) is -0.396. The van der Waals surface area contributed by atoms with E-state index in [0.29, 0.717) is 24.5 Å². The van der Waals surface area contributed by atoms with Crippen LogP contribution in [-0.2, 0) is 6.18 Å². The molecular weight excluding hydrogens is 331 g/mol. The summed E-state index contributed by atoms with van der Waals surface area (Å²) >= 11 is 0. The van der Waals surface area contributed by atoms with Crippen molar-refractivity contribution in [3.05, 3.63) is 36.3 Å².